The molecule has 2 aromatic carbocycles. The summed E-state index contributed by atoms with van der Waals surface area (Å²) in [5, 5.41) is 0.490. The third kappa shape index (κ3) is 2.69. The van der Waals surface area contributed by atoms with Crippen LogP contribution in [-0.4, -0.2) is 31.9 Å². The molecule has 1 aliphatic rings. The van der Waals surface area contributed by atoms with Gasteiger partial charge in [0, 0.05) is 16.5 Å². The number of rotatable bonds is 5. The van der Waals surface area contributed by atoms with Gasteiger partial charge in [-0.05, 0) is 29.8 Å². The standard InChI is InChI=1S/C20H17ClO5/c1-25-18(23)20(19(24)26-2)15(12-6-4-3-5-7-12)16(20)17(22)13-8-10-14(21)11-9-13/h3-11,15-16H,1-2H3/t15-,16+/m0/s1. The average molecular weight is 373 g/mol. The van der Waals surface area contributed by atoms with Crippen molar-refractivity contribution < 1.29 is 23.9 Å². The van der Waals surface area contributed by atoms with Crippen LogP contribution < -0.4 is 0 Å². The Morgan fingerprint density at radius 2 is 1.42 bits per heavy atom. The van der Waals surface area contributed by atoms with Crippen LogP contribution in [0.2, 0.25) is 5.02 Å². The predicted octanol–water partition coefficient (Wildman–Crippen LogP) is 3.27. The summed E-state index contributed by atoms with van der Waals surface area (Å²) in [4.78, 5) is 38.3. The molecular weight excluding hydrogens is 356 g/mol. The molecule has 0 unspecified atom stereocenters. The average Bonchev–Trinajstić information content (AvgIpc) is 3.38. The summed E-state index contributed by atoms with van der Waals surface area (Å²) in [6.07, 6.45) is 0. The highest BCUT2D eigenvalue weighted by Crippen LogP contribution is 2.67. The van der Waals surface area contributed by atoms with Gasteiger partial charge in [-0.15, -0.1) is 0 Å². The molecule has 0 bridgehead atoms. The van der Waals surface area contributed by atoms with E-state index in [4.69, 9.17) is 21.1 Å². The first-order valence-corrected chi connectivity index (χ1v) is 8.37. The predicted molar refractivity (Wildman–Crippen MR) is 94.9 cm³/mol. The number of hydrogen-bond acceptors (Lipinski definition) is 5. The smallest absolute Gasteiger partial charge is 0.324 e. The molecule has 0 saturated heterocycles. The van der Waals surface area contributed by atoms with Crippen molar-refractivity contribution in [2.24, 2.45) is 11.3 Å². The Bertz CT molecular complexity index is 828. The summed E-state index contributed by atoms with van der Waals surface area (Å²) >= 11 is 5.88. The minimum atomic E-state index is -1.68. The minimum Gasteiger partial charge on any atom is -0.468 e. The number of carbonyl (C=O) groups excluding carboxylic acids is 3. The van der Waals surface area contributed by atoms with Crippen molar-refractivity contribution in [3.63, 3.8) is 0 Å². The molecule has 6 heteroatoms. The van der Waals surface area contributed by atoms with Crippen molar-refractivity contribution in [1.29, 1.82) is 0 Å². The number of ether oxygens (including phenoxy) is 2. The van der Waals surface area contributed by atoms with Gasteiger partial charge in [0.1, 0.15) is 0 Å². The third-order valence-electron chi connectivity index (χ3n) is 4.82. The Labute approximate surface area is 155 Å². The van der Waals surface area contributed by atoms with Crippen molar-refractivity contribution in [2.75, 3.05) is 14.2 Å². The molecule has 2 aromatic rings. The monoisotopic (exact) mass is 372 g/mol. The second-order valence-electron chi connectivity index (χ2n) is 6.09. The van der Waals surface area contributed by atoms with Crippen LogP contribution in [0.25, 0.3) is 0 Å². The molecule has 1 saturated carbocycles. The van der Waals surface area contributed by atoms with E-state index in [1.54, 1.807) is 48.5 Å². The van der Waals surface area contributed by atoms with Gasteiger partial charge < -0.3 is 9.47 Å². The van der Waals surface area contributed by atoms with E-state index in [1.807, 2.05) is 6.07 Å². The van der Waals surface area contributed by atoms with E-state index in [0.29, 0.717) is 16.1 Å². The van der Waals surface area contributed by atoms with Crippen molar-refractivity contribution in [1.82, 2.24) is 0 Å². The molecule has 3 rings (SSSR count). The maximum Gasteiger partial charge on any atom is 0.324 e. The lowest BCUT2D eigenvalue weighted by Gasteiger charge is -2.13. The van der Waals surface area contributed by atoms with E-state index >= 15 is 0 Å². The van der Waals surface area contributed by atoms with Gasteiger partial charge in [0.05, 0.1) is 20.1 Å². The maximum absolute atomic E-state index is 13.1. The van der Waals surface area contributed by atoms with Gasteiger partial charge in [0.2, 0.25) is 0 Å². The van der Waals surface area contributed by atoms with E-state index < -0.39 is 29.2 Å². The fourth-order valence-corrected chi connectivity index (χ4v) is 3.71. The molecule has 0 radical (unpaired) electrons. The molecule has 1 fully saturated rings. The van der Waals surface area contributed by atoms with Gasteiger partial charge >= 0.3 is 11.9 Å². The molecule has 26 heavy (non-hydrogen) atoms. The van der Waals surface area contributed by atoms with Gasteiger partial charge in [0.25, 0.3) is 0 Å². The molecule has 0 aliphatic heterocycles. The number of benzene rings is 2. The van der Waals surface area contributed by atoms with Gasteiger partial charge in [-0.3, -0.25) is 14.4 Å². The zero-order valence-corrected chi connectivity index (χ0v) is 15.0. The number of methoxy groups -OCH3 is 2. The number of hydrogen-bond donors (Lipinski definition) is 0. The van der Waals surface area contributed by atoms with Crippen LogP contribution >= 0.6 is 11.6 Å². The largest absolute Gasteiger partial charge is 0.468 e. The molecular formula is C20H17ClO5. The number of esters is 2. The van der Waals surface area contributed by atoms with E-state index in [2.05, 4.69) is 0 Å². The third-order valence-corrected chi connectivity index (χ3v) is 5.07. The Morgan fingerprint density at radius 1 is 0.885 bits per heavy atom. The SMILES string of the molecule is COC(=O)C1(C(=O)OC)[C@@H](C(=O)c2ccc(Cl)cc2)[C@@H]1c1ccccc1. The van der Waals surface area contributed by atoms with Crippen LogP contribution in [0.1, 0.15) is 21.8 Å². The lowest BCUT2D eigenvalue weighted by molar-refractivity contribution is -0.162. The second kappa shape index (κ2) is 6.92. The van der Waals surface area contributed by atoms with Crippen LogP contribution in [0, 0.1) is 11.3 Å². The number of carbonyl (C=O) groups is 3. The first-order chi connectivity index (χ1) is 12.5. The molecule has 0 heterocycles. The Kier molecular flexibility index (Phi) is 4.83. The molecule has 5 nitrogen and oxygen atoms in total. The molecule has 134 valence electrons. The lowest BCUT2D eigenvalue weighted by atomic mass is 9.97. The topological polar surface area (TPSA) is 69.7 Å². The van der Waals surface area contributed by atoms with Crippen LogP contribution in [0.15, 0.2) is 54.6 Å². The van der Waals surface area contributed by atoms with E-state index in [-0.39, 0.29) is 5.78 Å². The lowest BCUT2D eigenvalue weighted by Crippen LogP contribution is -2.33. The Morgan fingerprint density at radius 3 is 1.92 bits per heavy atom. The van der Waals surface area contributed by atoms with Gasteiger partial charge in [-0.1, -0.05) is 41.9 Å². The molecule has 0 N–H and O–H groups in total. The van der Waals surface area contributed by atoms with Crippen LogP contribution in [0.4, 0.5) is 0 Å². The van der Waals surface area contributed by atoms with Gasteiger partial charge in [-0.2, -0.15) is 0 Å². The first-order valence-electron chi connectivity index (χ1n) is 8.00. The summed E-state index contributed by atoms with van der Waals surface area (Å²) in [6, 6.07) is 15.3. The Balaban J connectivity index is 2.10. The molecule has 2 atom stereocenters. The van der Waals surface area contributed by atoms with Crippen molar-refractivity contribution in [2.45, 2.75) is 5.92 Å². The van der Waals surface area contributed by atoms with Gasteiger partial charge in [0.15, 0.2) is 11.2 Å². The Hall–Kier alpha value is -2.66. The van der Waals surface area contributed by atoms with Crippen molar-refractivity contribution in [3.05, 3.63) is 70.7 Å². The quantitative estimate of drug-likeness (QED) is 0.457. The summed E-state index contributed by atoms with van der Waals surface area (Å²) in [7, 11) is 2.38. The summed E-state index contributed by atoms with van der Waals surface area (Å²) in [5.74, 6) is -3.42. The molecule has 1 aliphatic carbocycles. The van der Waals surface area contributed by atoms with E-state index in [0.717, 1.165) is 0 Å². The number of ketones is 1. The highest BCUT2D eigenvalue weighted by Gasteiger charge is 2.79. The maximum atomic E-state index is 13.1. The zero-order valence-electron chi connectivity index (χ0n) is 14.3. The molecule has 0 amide bonds. The van der Waals surface area contributed by atoms with Crippen LogP contribution in [-0.2, 0) is 19.1 Å². The van der Waals surface area contributed by atoms with E-state index in [1.165, 1.54) is 14.2 Å². The minimum absolute atomic E-state index is 0.327. The van der Waals surface area contributed by atoms with Crippen LogP contribution in [0.5, 0.6) is 0 Å². The molecule has 0 spiro atoms. The van der Waals surface area contributed by atoms with Crippen molar-refractivity contribution in [3.8, 4) is 0 Å². The van der Waals surface area contributed by atoms with E-state index in [9.17, 15) is 14.4 Å². The van der Waals surface area contributed by atoms with Gasteiger partial charge in [-0.25, -0.2) is 0 Å². The fourth-order valence-electron chi connectivity index (χ4n) is 3.58. The van der Waals surface area contributed by atoms with Crippen molar-refractivity contribution >= 4 is 29.3 Å². The molecule has 0 aromatic heterocycles. The normalized spacial score (nSPS) is 20.1. The number of Topliss-reactive ketones (excluding diaryl/α,β-unsaturated/α-hetero) is 1. The first kappa shape index (κ1) is 18.1. The second-order valence-corrected chi connectivity index (χ2v) is 6.53. The van der Waals surface area contributed by atoms with Crippen LogP contribution in [0.3, 0.4) is 0 Å². The highest BCUT2D eigenvalue weighted by molar-refractivity contribution is 6.30. The zero-order chi connectivity index (χ0) is 18.9. The number of halogens is 1. The fraction of sp³-hybridized carbons (Fsp3) is 0.250. The summed E-state index contributed by atoms with van der Waals surface area (Å²) in [6.45, 7) is 0. The highest BCUT2D eigenvalue weighted by atomic mass is 35.5. The summed E-state index contributed by atoms with van der Waals surface area (Å²) in [5.41, 5.74) is -0.604. The summed E-state index contributed by atoms with van der Waals surface area (Å²) < 4.78 is 9.75.